The number of fused-ring (bicyclic) bond motifs is 1. The van der Waals surface area contributed by atoms with Gasteiger partial charge in [-0.15, -0.1) is 0 Å². The molecule has 1 fully saturated rings. The highest BCUT2D eigenvalue weighted by atomic mass is 16.5. The summed E-state index contributed by atoms with van der Waals surface area (Å²) in [6, 6.07) is 0. The molecule has 22 heavy (non-hydrogen) atoms. The van der Waals surface area contributed by atoms with Crippen LogP contribution in [0.1, 0.15) is 42.8 Å². The van der Waals surface area contributed by atoms with Crippen LogP contribution >= 0.6 is 0 Å². The van der Waals surface area contributed by atoms with Gasteiger partial charge in [0.05, 0.1) is 12.0 Å². The number of aromatic nitrogens is 2. The minimum atomic E-state index is -0.375. The summed E-state index contributed by atoms with van der Waals surface area (Å²) in [5, 5.41) is 0.674. The number of carbonyl (C=O) groups excluding carboxylic acids is 1. The second-order valence-corrected chi connectivity index (χ2v) is 5.80. The quantitative estimate of drug-likeness (QED) is 0.812. The van der Waals surface area contributed by atoms with Crippen molar-refractivity contribution in [2.75, 3.05) is 24.6 Å². The molecule has 2 aromatic heterocycles. The van der Waals surface area contributed by atoms with Crippen LogP contribution in [0.2, 0.25) is 0 Å². The summed E-state index contributed by atoms with van der Waals surface area (Å²) >= 11 is 0. The van der Waals surface area contributed by atoms with E-state index in [0.29, 0.717) is 29.0 Å². The molecular formula is C16H21N3O3. The Kier molecular flexibility index (Phi) is 4.00. The lowest BCUT2D eigenvalue weighted by Crippen LogP contribution is -2.33. The average molecular weight is 303 g/mol. The summed E-state index contributed by atoms with van der Waals surface area (Å²) in [4.78, 5) is 23.1. The third kappa shape index (κ3) is 2.53. The molecule has 0 atom stereocenters. The molecule has 1 saturated heterocycles. The summed E-state index contributed by atoms with van der Waals surface area (Å²) in [5.41, 5.74) is 0.898. The third-order valence-corrected chi connectivity index (χ3v) is 4.21. The monoisotopic (exact) mass is 303 g/mol. The predicted molar refractivity (Wildman–Crippen MR) is 83.1 cm³/mol. The SMILES string of the molecule is CCOC(=O)c1c(C)oc2ncnc(N3CCC(C)CC3)c12. The number of rotatable bonds is 3. The van der Waals surface area contributed by atoms with Crippen molar-refractivity contribution in [2.45, 2.75) is 33.6 Å². The van der Waals surface area contributed by atoms with E-state index in [4.69, 9.17) is 9.15 Å². The molecule has 0 N–H and O–H groups in total. The molecule has 0 unspecified atom stereocenters. The molecule has 0 saturated carbocycles. The van der Waals surface area contributed by atoms with Crippen LogP contribution in [0, 0.1) is 12.8 Å². The summed E-state index contributed by atoms with van der Waals surface area (Å²) in [7, 11) is 0. The van der Waals surface area contributed by atoms with Crippen LogP contribution in [0.25, 0.3) is 11.1 Å². The van der Waals surface area contributed by atoms with E-state index in [1.54, 1.807) is 13.8 Å². The Morgan fingerprint density at radius 3 is 2.82 bits per heavy atom. The molecule has 0 amide bonds. The number of ether oxygens (including phenoxy) is 1. The van der Waals surface area contributed by atoms with Crippen molar-refractivity contribution in [1.29, 1.82) is 0 Å². The molecule has 3 rings (SSSR count). The number of nitrogens with zero attached hydrogens (tertiary/aromatic N) is 3. The molecule has 3 heterocycles. The first-order valence-corrected chi connectivity index (χ1v) is 7.78. The Morgan fingerprint density at radius 1 is 1.41 bits per heavy atom. The van der Waals surface area contributed by atoms with E-state index in [-0.39, 0.29) is 5.97 Å². The first kappa shape index (κ1) is 14.8. The van der Waals surface area contributed by atoms with E-state index in [1.807, 2.05) is 0 Å². The van der Waals surface area contributed by atoms with E-state index < -0.39 is 0 Å². The molecule has 0 radical (unpaired) electrons. The van der Waals surface area contributed by atoms with Crippen molar-refractivity contribution >= 4 is 22.9 Å². The lowest BCUT2D eigenvalue weighted by molar-refractivity contribution is 0.0526. The topological polar surface area (TPSA) is 68.5 Å². The van der Waals surface area contributed by atoms with Gasteiger partial charge in [-0.2, -0.15) is 0 Å². The maximum absolute atomic E-state index is 12.3. The number of hydrogen-bond acceptors (Lipinski definition) is 6. The zero-order chi connectivity index (χ0) is 15.7. The number of piperidine rings is 1. The molecule has 1 aliphatic rings. The zero-order valence-corrected chi connectivity index (χ0v) is 13.3. The Bertz CT molecular complexity index is 687. The van der Waals surface area contributed by atoms with Gasteiger partial charge in [0.25, 0.3) is 0 Å². The van der Waals surface area contributed by atoms with Gasteiger partial charge >= 0.3 is 5.97 Å². The normalized spacial score (nSPS) is 16.2. The van der Waals surface area contributed by atoms with Crippen molar-refractivity contribution in [3.63, 3.8) is 0 Å². The Hall–Kier alpha value is -2.11. The van der Waals surface area contributed by atoms with Crippen molar-refractivity contribution in [2.24, 2.45) is 5.92 Å². The van der Waals surface area contributed by atoms with Gasteiger partial charge in [0.1, 0.15) is 23.5 Å². The number of carbonyl (C=O) groups is 1. The molecular weight excluding hydrogens is 282 g/mol. The molecule has 0 spiro atoms. The van der Waals surface area contributed by atoms with Gasteiger partial charge < -0.3 is 14.1 Å². The smallest absolute Gasteiger partial charge is 0.342 e. The van der Waals surface area contributed by atoms with Crippen LogP contribution in [0.15, 0.2) is 10.7 Å². The van der Waals surface area contributed by atoms with E-state index in [0.717, 1.165) is 37.7 Å². The summed E-state index contributed by atoms with van der Waals surface area (Å²) in [5.74, 6) is 1.65. The maximum atomic E-state index is 12.3. The van der Waals surface area contributed by atoms with Crippen molar-refractivity contribution in [3.05, 3.63) is 17.7 Å². The summed E-state index contributed by atoms with van der Waals surface area (Å²) < 4.78 is 10.8. The largest absolute Gasteiger partial charge is 0.462 e. The van der Waals surface area contributed by atoms with E-state index in [2.05, 4.69) is 21.8 Å². The van der Waals surface area contributed by atoms with Gasteiger partial charge in [-0.3, -0.25) is 0 Å². The van der Waals surface area contributed by atoms with Crippen LogP contribution < -0.4 is 4.90 Å². The summed E-state index contributed by atoms with van der Waals surface area (Å²) in [6.07, 6.45) is 3.74. The number of anilines is 1. The number of furan rings is 1. The highest BCUT2D eigenvalue weighted by molar-refractivity contribution is 6.07. The number of esters is 1. The average Bonchev–Trinajstić information content (AvgIpc) is 2.84. The van der Waals surface area contributed by atoms with Crippen molar-refractivity contribution in [1.82, 2.24) is 9.97 Å². The van der Waals surface area contributed by atoms with Crippen LogP contribution in [0.5, 0.6) is 0 Å². The Balaban J connectivity index is 2.08. The fraction of sp³-hybridized carbons (Fsp3) is 0.562. The van der Waals surface area contributed by atoms with E-state index in [1.165, 1.54) is 6.33 Å². The molecule has 6 nitrogen and oxygen atoms in total. The Morgan fingerprint density at radius 2 is 2.14 bits per heavy atom. The van der Waals surface area contributed by atoms with Crippen LogP contribution in [0.4, 0.5) is 5.82 Å². The predicted octanol–water partition coefficient (Wildman–Crippen LogP) is 2.94. The highest BCUT2D eigenvalue weighted by Crippen LogP contribution is 2.33. The van der Waals surface area contributed by atoms with Gasteiger partial charge in [-0.05, 0) is 32.6 Å². The lowest BCUT2D eigenvalue weighted by Gasteiger charge is -2.31. The fourth-order valence-corrected chi connectivity index (χ4v) is 2.94. The van der Waals surface area contributed by atoms with Crippen molar-refractivity contribution < 1.29 is 13.9 Å². The Labute approximate surface area is 129 Å². The zero-order valence-electron chi connectivity index (χ0n) is 13.3. The second kappa shape index (κ2) is 5.94. The van der Waals surface area contributed by atoms with Gasteiger partial charge in [0.2, 0.25) is 5.71 Å². The lowest BCUT2D eigenvalue weighted by atomic mass is 9.99. The van der Waals surface area contributed by atoms with Gasteiger partial charge in [-0.25, -0.2) is 14.8 Å². The molecule has 118 valence electrons. The standard InChI is InChI=1S/C16H21N3O3/c1-4-21-16(20)12-11(3)22-15-13(12)14(17-9-18-15)19-7-5-10(2)6-8-19/h9-10H,4-8H2,1-3H3. The summed E-state index contributed by atoms with van der Waals surface area (Å²) in [6.45, 7) is 8.00. The second-order valence-electron chi connectivity index (χ2n) is 5.80. The minimum absolute atomic E-state index is 0.329. The maximum Gasteiger partial charge on any atom is 0.342 e. The van der Waals surface area contributed by atoms with Gasteiger partial charge in [-0.1, -0.05) is 6.92 Å². The van der Waals surface area contributed by atoms with Crippen LogP contribution in [-0.4, -0.2) is 35.6 Å². The molecule has 1 aliphatic heterocycles. The van der Waals surface area contributed by atoms with Crippen molar-refractivity contribution in [3.8, 4) is 0 Å². The third-order valence-electron chi connectivity index (χ3n) is 4.21. The molecule has 6 heteroatoms. The molecule has 0 aromatic carbocycles. The minimum Gasteiger partial charge on any atom is -0.462 e. The van der Waals surface area contributed by atoms with Gasteiger partial charge in [0, 0.05) is 13.1 Å². The fourth-order valence-electron chi connectivity index (χ4n) is 2.94. The van der Waals surface area contributed by atoms with E-state index >= 15 is 0 Å². The number of hydrogen-bond donors (Lipinski definition) is 0. The molecule has 0 bridgehead atoms. The first-order chi connectivity index (χ1) is 10.6. The molecule has 2 aromatic rings. The van der Waals surface area contributed by atoms with Crippen LogP contribution in [0.3, 0.4) is 0 Å². The van der Waals surface area contributed by atoms with Crippen LogP contribution in [-0.2, 0) is 4.74 Å². The van der Waals surface area contributed by atoms with Gasteiger partial charge in [0.15, 0.2) is 0 Å². The molecule has 0 aliphatic carbocycles. The number of aryl methyl sites for hydroxylation is 1. The first-order valence-electron chi connectivity index (χ1n) is 7.78. The van der Waals surface area contributed by atoms with E-state index in [9.17, 15) is 4.79 Å². The highest BCUT2D eigenvalue weighted by Gasteiger charge is 2.27.